The summed E-state index contributed by atoms with van der Waals surface area (Å²) in [7, 11) is 1.23. The van der Waals surface area contributed by atoms with Crippen LogP contribution >= 0.6 is 11.6 Å². The van der Waals surface area contributed by atoms with Crippen LogP contribution < -0.4 is 0 Å². The van der Waals surface area contributed by atoms with Crippen molar-refractivity contribution in [2.75, 3.05) is 7.11 Å². The standard InChI is InChI=1S/C12H11ClO3/c1-12(15,8-7-11(14)16-2)9-3-5-10(13)6-4-9/h3-6,15H,1-2H3. The van der Waals surface area contributed by atoms with E-state index < -0.39 is 11.6 Å². The van der Waals surface area contributed by atoms with Crippen LogP contribution in [-0.2, 0) is 15.1 Å². The van der Waals surface area contributed by atoms with Crippen LogP contribution in [0.3, 0.4) is 0 Å². The van der Waals surface area contributed by atoms with Gasteiger partial charge in [0.05, 0.1) is 7.11 Å². The summed E-state index contributed by atoms with van der Waals surface area (Å²) >= 11 is 5.72. The minimum atomic E-state index is -1.40. The van der Waals surface area contributed by atoms with Gasteiger partial charge in [-0.25, -0.2) is 4.79 Å². The molecule has 4 heteroatoms. The zero-order valence-corrected chi connectivity index (χ0v) is 9.71. The quantitative estimate of drug-likeness (QED) is 0.460. The van der Waals surface area contributed by atoms with E-state index in [2.05, 4.69) is 16.6 Å². The van der Waals surface area contributed by atoms with Crippen LogP contribution in [0, 0.1) is 11.8 Å². The number of ether oxygens (including phenoxy) is 1. The van der Waals surface area contributed by atoms with Crippen molar-refractivity contribution in [3.05, 3.63) is 34.9 Å². The minimum Gasteiger partial charge on any atom is -0.459 e. The number of halogens is 1. The van der Waals surface area contributed by atoms with Gasteiger partial charge in [-0.2, -0.15) is 0 Å². The first-order valence-electron chi connectivity index (χ1n) is 4.55. The van der Waals surface area contributed by atoms with Crippen molar-refractivity contribution in [3.8, 4) is 11.8 Å². The minimum absolute atomic E-state index is 0.563. The fourth-order valence-corrected chi connectivity index (χ4v) is 1.20. The molecule has 1 atom stereocenters. The van der Waals surface area contributed by atoms with E-state index in [9.17, 15) is 9.90 Å². The van der Waals surface area contributed by atoms with Crippen molar-refractivity contribution in [2.45, 2.75) is 12.5 Å². The van der Waals surface area contributed by atoms with E-state index in [0.29, 0.717) is 10.6 Å². The molecule has 0 fully saturated rings. The lowest BCUT2D eigenvalue weighted by Gasteiger charge is -2.16. The molecular formula is C12H11ClO3. The average Bonchev–Trinajstić information content (AvgIpc) is 2.26. The SMILES string of the molecule is COC(=O)C#CC(C)(O)c1ccc(Cl)cc1. The number of carbonyl (C=O) groups is 1. The van der Waals surface area contributed by atoms with Crippen LogP contribution in [0.1, 0.15) is 12.5 Å². The Bertz CT molecular complexity index is 438. The number of esters is 1. The molecular weight excluding hydrogens is 228 g/mol. The van der Waals surface area contributed by atoms with Gasteiger partial charge in [-0.3, -0.25) is 0 Å². The van der Waals surface area contributed by atoms with Crippen molar-refractivity contribution in [3.63, 3.8) is 0 Å². The first kappa shape index (κ1) is 12.6. The van der Waals surface area contributed by atoms with Crippen LogP contribution in [-0.4, -0.2) is 18.2 Å². The molecule has 0 aliphatic carbocycles. The smallest absolute Gasteiger partial charge is 0.384 e. The Hall–Kier alpha value is -1.50. The molecule has 0 saturated heterocycles. The molecule has 1 rings (SSSR count). The zero-order valence-electron chi connectivity index (χ0n) is 8.95. The number of hydrogen-bond donors (Lipinski definition) is 1. The summed E-state index contributed by atoms with van der Waals surface area (Å²) in [6, 6.07) is 6.58. The Balaban J connectivity index is 2.96. The summed E-state index contributed by atoms with van der Waals surface area (Å²) in [5.74, 6) is 3.94. The number of rotatable bonds is 1. The van der Waals surface area contributed by atoms with Crippen LogP contribution in [0.15, 0.2) is 24.3 Å². The predicted molar refractivity (Wildman–Crippen MR) is 60.8 cm³/mol. The predicted octanol–water partition coefficient (Wildman–Crippen LogP) is 1.72. The first-order valence-corrected chi connectivity index (χ1v) is 4.93. The van der Waals surface area contributed by atoms with E-state index in [1.165, 1.54) is 14.0 Å². The van der Waals surface area contributed by atoms with E-state index >= 15 is 0 Å². The molecule has 0 saturated carbocycles. The Morgan fingerprint density at radius 3 is 2.50 bits per heavy atom. The number of hydrogen-bond acceptors (Lipinski definition) is 3. The highest BCUT2D eigenvalue weighted by molar-refractivity contribution is 6.30. The number of aliphatic hydroxyl groups is 1. The van der Waals surface area contributed by atoms with E-state index in [1.54, 1.807) is 24.3 Å². The monoisotopic (exact) mass is 238 g/mol. The van der Waals surface area contributed by atoms with Crippen molar-refractivity contribution in [1.82, 2.24) is 0 Å². The van der Waals surface area contributed by atoms with Crippen molar-refractivity contribution < 1.29 is 14.6 Å². The van der Waals surface area contributed by atoms with Crippen LogP contribution in [0.5, 0.6) is 0 Å². The Morgan fingerprint density at radius 1 is 1.44 bits per heavy atom. The van der Waals surface area contributed by atoms with Gasteiger partial charge in [-0.05, 0) is 24.6 Å². The third-order valence-electron chi connectivity index (χ3n) is 2.00. The molecule has 0 bridgehead atoms. The lowest BCUT2D eigenvalue weighted by atomic mass is 9.97. The second kappa shape index (κ2) is 5.02. The van der Waals surface area contributed by atoms with Crippen LogP contribution in [0.2, 0.25) is 5.02 Å². The summed E-state index contributed by atoms with van der Waals surface area (Å²) < 4.78 is 4.36. The van der Waals surface area contributed by atoms with Gasteiger partial charge in [0, 0.05) is 10.9 Å². The highest BCUT2D eigenvalue weighted by Gasteiger charge is 2.19. The van der Waals surface area contributed by atoms with Crippen molar-refractivity contribution in [2.24, 2.45) is 0 Å². The first-order chi connectivity index (χ1) is 7.45. The van der Waals surface area contributed by atoms with Gasteiger partial charge in [0.15, 0.2) is 0 Å². The van der Waals surface area contributed by atoms with E-state index in [0.717, 1.165) is 0 Å². The molecule has 0 aliphatic heterocycles. The van der Waals surface area contributed by atoms with Gasteiger partial charge in [0.25, 0.3) is 0 Å². The van der Waals surface area contributed by atoms with Crippen LogP contribution in [0.25, 0.3) is 0 Å². The van der Waals surface area contributed by atoms with Gasteiger partial charge in [-0.15, -0.1) is 0 Å². The van der Waals surface area contributed by atoms with E-state index in [-0.39, 0.29) is 0 Å². The van der Waals surface area contributed by atoms with Crippen LogP contribution in [0.4, 0.5) is 0 Å². The summed E-state index contributed by atoms with van der Waals surface area (Å²) in [4.78, 5) is 10.8. The fraction of sp³-hybridized carbons (Fsp3) is 0.250. The molecule has 1 unspecified atom stereocenters. The van der Waals surface area contributed by atoms with Crippen molar-refractivity contribution >= 4 is 17.6 Å². The maximum Gasteiger partial charge on any atom is 0.384 e. The zero-order chi connectivity index (χ0) is 12.2. The third kappa shape index (κ3) is 3.27. The largest absolute Gasteiger partial charge is 0.459 e. The Morgan fingerprint density at radius 2 is 2.00 bits per heavy atom. The molecule has 1 aromatic carbocycles. The van der Waals surface area contributed by atoms with Gasteiger partial charge in [0.2, 0.25) is 0 Å². The van der Waals surface area contributed by atoms with E-state index in [1.807, 2.05) is 0 Å². The number of benzene rings is 1. The highest BCUT2D eigenvalue weighted by atomic mass is 35.5. The maximum atomic E-state index is 10.8. The highest BCUT2D eigenvalue weighted by Crippen LogP contribution is 2.21. The molecule has 0 spiro atoms. The molecule has 1 N–H and O–H groups in total. The molecule has 0 aliphatic rings. The third-order valence-corrected chi connectivity index (χ3v) is 2.25. The summed E-state index contributed by atoms with van der Waals surface area (Å²) in [6.07, 6.45) is 0. The average molecular weight is 239 g/mol. The Labute approximate surface area is 99.0 Å². The van der Waals surface area contributed by atoms with Gasteiger partial charge in [-0.1, -0.05) is 29.7 Å². The molecule has 0 radical (unpaired) electrons. The molecule has 0 amide bonds. The van der Waals surface area contributed by atoms with E-state index in [4.69, 9.17) is 11.6 Å². The molecule has 1 aromatic rings. The van der Waals surface area contributed by atoms with Gasteiger partial charge in [0.1, 0.15) is 5.60 Å². The number of carbonyl (C=O) groups excluding carboxylic acids is 1. The second-order valence-corrected chi connectivity index (χ2v) is 3.76. The molecule has 0 heterocycles. The van der Waals surface area contributed by atoms with Crippen molar-refractivity contribution in [1.29, 1.82) is 0 Å². The van der Waals surface area contributed by atoms with Gasteiger partial charge >= 0.3 is 5.97 Å². The normalized spacial score (nSPS) is 13.2. The molecule has 0 aromatic heterocycles. The Kier molecular flexibility index (Phi) is 3.94. The molecule has 3 nitrogen and oxygen atoms in total. The number of methoxy groups -OCH3 is 1. The lowest BCUT2D eigenvalue weighted by Crippen LogP contribution is -2.18. The van der Waals surface area contributed by atoms with Gasteiger partial charge < -0.3 is 9.84 Å². The maximum absolute atomic E-state index is 10.8. The second-order valence-electron chi connectivity index (χ2n) is 3.32. The summed E-state index contributed by atoms with van der Waals surface area (Å²) in [5.41, 5.74) is -0.841. The fourth-order valence-electron chi connectivity index (χ4n) is 1.07. The summed E-state index contributed by atoms with van der Waals surface area (Å²) in [5, 5.41) is 10.6. The molecule has 16 heavy (non-hydrogen) atoms. The topological polar surface area (TPSA) is 46.5 Å². The summed E-state index contributed by atoms with van der Waals surface area (Å²) in [6.45, 7) is 1.49. The molecule has 84 valence electrons. The lowest BCUT2D eigenvalue weighted by molar-refractivity contribution is -0.133.